The van der Waals surface area contributed by atoms with Gasteiger partial charge in [-0.3, -0.25) is 9.78 Å². The van der Waals surface area contributed by atoms with Gasteiger partial charge in [-0.15, -0.1) is 0 Å². The lowest BCUT2D eigenvalue weighted by atomic mass is 10.1. The molecule has 0 spiro atoms. The minimum Gasteiger partial charge on any atom is -0.431 e. The lowest BCUT2D eigenvalue weighted by Gasteiger charge is -2.09. The summed E-state index contributed by atoms with van der Waals surface area (Å²) in [4.78, 5) is 21.2. The van der Waals surface area contributed by atoms with Crippen molar-refractivity contribution in [3.63, 3.8) is 0 Å². The Hall–Kier alpha value is -2.86. The number of carbonyl (C=O) groups excluding carboxylic acids is 1. The number of nitrogens with zero attached hydrogens (tertiary/aromatic N) is 2. The zero-order valence-corrected chi connectivity index (χ0v) is 14.3. The van der Waals surface area contributed by atoms with Crippen molar-refractivity contribution in [2.75, 3.05) is 11.1 Å². The van der Waals surface area contributed by atoms with Gasteiger partial charge in [-0.05, 0) is 31.2 Å². The van der Waals surface area contributed by atoms with Gasteiger partial charge in [0.2, 0.25) is 5.91 Å². The van der Waals surface area contributed by atoms with Crippen molar-refractivity contribution >= 4 is 45.4 Å². The van der Waals surface area contributed by atoms with Crippen LogP contribution in [0.2, 0.25) is 0 Å². The number of aromatic nitrogens is 2. The fourth-order valence-corrected chi connectivity index (χ4v) is 3.28. The van der Waals surface area contributed by atoms with E-state index < -0.39 is 0 Å². The monoisotopic (exact) mass is 349 g/mol. The molecule has 0 saturated heterocycles. The SMILES string of the molecule is Cc1cc(NC(=O)CSc2nc3ccccc3o2)c2ccccc2n1. The normalized spacial score (nSPS) is 11.1. The molecular weight excluding hydrogens is 334 g/mol. The van der Waals surface area contributed by atoms with Crippen molar-refractivity contribution < 1.29 is 9.21 Å². The van der Waals surface area contributed by atoms with Crippen LogP contribution >= 0.6 is 11.8 Å². The molecular formula is C19H15N3O2S. The maximum absolute atomic E-state index is 12.3. The maximum Gasteiger partial charge on any atom is 0.257 e. The van der Waals surface area contributed by atoms with Crippen LogP contribution in [0.25, 0.3) is 22.0 Å². The van der Waals surface area contributed by atoms with Gasteiger partial charge in [0.05, 0.1) is 17.0 Å². The fourth-order valence-electron chi connectivity index (χ4n) is 2.64. The fraction of sp³-hybridized carbons (Fsp3) is 0.105. The maximum atomic E-state index is 12.3. The molecule has 2 aromatic carbocycles. The summed E-state index contributed by atoms with van der Waals surface area (Å²) in [5.41, 5.74) is 4.01. The third kappa shape index (κ3) is 3.34. The first kappa shape index (κ1) is 15.7. The molecule has 1 N–H and O–H groups in total. The zero-order chi connectivity index (χ0) is 17.2. The highest BCUT2D eigenvalue weighted by Crippen LogP contribution is 2.25. The predicted molar refractivity (Wildman–Crippen MR) is 99.8 cm³/mol. The largest absolute Gasteiger partial charge is 0.431 e. The number of anilines is 1. The first-order valence-corrected chi connectivity index (χ1v) is 8.82. The van der Waals surface area contributed by atoms with Crippen molar-refractivity contribution in [3.05, 3.63) is 60.3 Å². The van der Waals surface area contributed by atoms with E-state index in [0.29, 0.717) is 5.22 Å². The van der Waals surface area contributed by atoms with Gasteiger partial charge in [-0.25, -0.2) is 4.98 Å². The topological polar surface area (TPSA) is 68.0 Å². The van der Waals surface area contributed by atoms with E-state index in [4.69, 9.17) is 4.42 Å². The van der Waals surface area contributed by atoms with Crippen LogP contribution in [0.5, 0.6) is 0 Å². The Morgan fingerprint density at radius 3 is 2.68 bits per heavy atom. The molecule has 0 aliphatic heterocycles. The number of carbonyl (C=O) groups is 1. The van der Waals surface area contributed by atoms with Crippen molar-refractivity contribution in [1.29, 1.82) is 0 Å². The smallest absolute Gasteiger partial charge is 0.257 e. The molecule has 0 fully saturated rings. The molecule has 0 aliphatic rings. The van der Waals surface area contributed by atoms with E-state index in [1.54, 1.807) is 0 Å². The molecule has 0 radical (unpaired) electrons. The number of fused-ring (bicyclic) bond motifs is 2. The number of pyridine rings is 1. The molecule has 124 valence electrons. The van der Waals surface area contributed by atoms with Crippen LogP contribution in [0, 0.1) is 6.92 Å². The van der Waals surface area contributed by atoms with Gasteiger partial charge in [0.25, 0.3) is 5.22 Å². The Labute approximate surface area is 148 Å². The summed E-state index contributed by atoms with van der Waals surface area (Å²) in [6.07, 6.45) is 0. The molecule has 0 unspecified atom stereocenters. The van der Waals surface area contributed by atoms with E-state index in [9.17, 15) is 4.79 Å². The van der Waals surface area contributed by atoms with Crippen molar-refractivity contribution in [3.8, 4) is 0 Å². The molecule has 0 bridgehead atoms. The van der Waals surface area contributed by atoms with E-state index >= 15 is 0 Å². The third-order valence-corrected chi connectivity index (χ3v) is 4.55. The molecule has 2 heterocycles. The number of nitrogens with one attached hydrogen (secondary N) is 1. The molecule has 25 heavy (non-hydrogen) atoms. The van der Waals surface area contributed by atoms with Crippen LogP contribution in [-0.4, -0.2) is 21.6 Å². The lowest BCUT2D eigenvalue weighted by molar-refractivity contribution is -0.113. The Morgan fingerprint density at radius 1 is 1.08 bits per heavy atom. The van der Waals surface area contributed by atoms with Crippen molar-refractivity contribution in [2.45, 2.75) is 12.1 Å². The summed E-state index contributed by atoms with van der Waals surface area (Å²) in [6.45, 7) is 1.91. The van der Waals surface area contributed by atoms with Crippen LogP contribution in [0.3, 0.4) is 0 Å². The zero-order valence-electron chi connectivity index (χ0n) is 13.5. The molecule has 0 saturated carbocycles. The molecule has 4 rings (SSSR count). The quantitative estimate of drug-likeness (QED) is 0.553. The van der Waals surface area contributed by atoms with E-state index in [0.717, 1.165) is 33.4 Å². The Kier molecular flexibility index (Phi) is 4.11. The van der Waals surface area contributed by atoms with E-state index in [-0.39, 0.29) is 11.7 Å². The Bertz CT molecular complexity index is 1040. The third-order valence-electron chi connectivity index (χ3n) is 3.72. The summed E-state index contributed by atoms with van der Waals surface area (Å²) in [5.74, 6) is 0.116. The summed E-state index contributed by atoms with van der Waals surface area (Å²) >= 11 is 1.28. The first-order chi connectivity index (χ1) is 12.2. The summed E-state index contributed by atoms with van der Waals surface area (Å²) < 4.78 is 5.62. The number of aryl methyl sites for hydroxylation is 1. The van der Waals surface area contributed by atoms with E-state index in [2.05, 4.69) is 15.3 Å². The first-order valence-electron chi connectivity index (χ1n) is 7.84. The van der Waals surface area contributed by atoms with Crippen LogP contribution in [-0.2, 0) is 4.79 Å². The molecule has 6 heteroatoms. The number of hydrogen-bond donors (Lipinski definition) is 1. The minimum atomic E-state index is -0.108. The number of rotatable bonds is 4. The Balaban J connectivity index is 1.49. The molecule has 2 aromatic heterocycles. The number of benzene rings is 2. The van der Waals surface area contributed by atoms with Gasteiger partial charge >= 0.3 is 0 Å². The second-order valence-electron chi connectivity index (χ2n) is 5.61. The predicted octanol–water partition coefficient (Wildman–Crippen LogP) is 4.42. The highest BCUT2D eigenvalue weighted by atomic mass is 32.2. The number of amides is 1. The average Bonchev–Trinajstić information content (AvgIpc) is 3.03. The van der Waals surface area contributed by atoms with Crippen LogP contribution < -0.4 is 5.32 Å². The minimum absolute atomic E-state index is 0.108. The number of para-hydroxylation sites is 3. The molecule has 4 aromatic rings. The van der Waals surface area contributed by atoms with Gasteiger partial charge < -0.3 is 9.73 Å². The summed E-state index contributed by atoms with van der Waals surface area (Å²) in [5, 5.41) is 4.38. The molecule has 1 amide bonds. The Morgan fingerprint density at radius 2 is 1.84 bits per heavy atom. The number of thioether (sulfide) groups is 1. The van der Waals surface area contributed by atoms with Crippen LogP contribution in [0.1, 0.15) is 5.69 Å². The van der Waals surface area contributed by atoms with Gasteiger partial charge in [0.1, 0.15) is 5.52 Å². The van der Waals surface area contributed by atoms with Crippen LogP contribution in [0.4, 0.5) is 5.69 Å². The second-order valence-corrected chi connectivity index (χ2v) is 6.54. The second kappa shape index (κ2) is 6.57. The highest BCUT2D eigenvalue weighted by Gasteiger charge is 2.11. The number of hydrogen-bond acceptors (Lipinski definition) is 5. The summed E-state index contributed by atoms with van der Waals surface area (Å²) in [7, 11) is 0. The van der Waals surface area contributed by atoms with Crippen molar-refractivity contribution in [1.82, 2.24) is 9.97 Å². The number of oxazole rings is 1. The van der Waals surface area contributed by atoms with Gasteiger partial charge in [0.15, 0.2) is 5.58 Å². The highest BCUT2D eigenvalue weighted by molar-refractivity contribution is 7.99. The molecule has 0 atom stereocenters. The molecule has 5 nitrogen and oxygen atoms in total. The van der Waals surface area contributed by atoms with E-state index in [1.807, 2.05) is 61.5 Å². The average molecular weight is 349 g/mol. The van der Waals surface area contributed by atoms with Gasteiger partial charge in [-0.1, -0.05) is 42.1 Å². The lowest BCUT2D eigenvalue weighted by Crippen LogP contribution is -2.14. The van der Waals surface area contributed by atoms with Crippen LogP contribution in [0.15, 0.2) is 64.2 Å². The van der Waals surface area contributed by atoms with Gasteiger partial charge in [-0.2, -0.15) is 0 Å². The standard InChI is InChI=1S/C19H15N3O2S/c1-12-10-16(13-6-2-3-7-14(13)20-12)21-18(23)11-25-19-22-15-8-4-5-9-17(15)24-19/h2-10H,11H2,1H3,(H,20,21,23). The summed E-state index contributed by atoms with van der Waals surface area (Å²) in [6, 6.07) is 17.2. The molecule has 0 aliphatic carbocycles. The van der Waals surface area contributed by atoms with Gasteiger partial charge in [0, 0.05) is 11.1 Å². The van der Waals surface area contributed by atoms with E-state index in [1.165, 1.54) is 11.8 Å². The van der Waals surface area contributed by atoms with Crippen molar-refractivity contribution in [2.24, 2.45) is 0 Å².